The van der Waals surface area contributed by atoms with Crippen molar-refractivity contribution in [2.45, 2.75) is 59.6 Å². The Bertz CT molecular complexity index is 1890. The van der Waals surface area contributed by atoms with Gasteiger partial charge in [0.2, 0.25) is 0 Å². The molecule has 0 bridgehead atoms. The number of benzene rings is 2. The highest BCUT2D eigenvalue weighted by molar-refractivity contribution is 7.15. The summed E-state index contributed by atoms with van der Waals surface area (Å²) in [7, 11) is 1.23. The number of hydrogen-bond acceptors (Lipinski definition) is 9. The van der Waals surface area contributed by atoms with Gasteiger partial charge in [0.1, 0.15) is 17.0 Å². The van der Waals surface area contributed by atoms with Crippen molar-refractivity contribution in [3.63, 3.8) is 0 Å². The maximum absolute atomic E-state index is 14.2. The summed E-state index contributed by atoms with van der Waals surface area (Å²) in [5, 5.41) is 8.46. The molecule has 256 valence electrons. The molecule has 0 saturated carbocycles. The Balaban J connectivity index is 1.53. The summed E-state index contributed by atoms with van der Waals surface area (Å²) in [6.07, 6.45) is 0.916. The second-order valence-electron chi connectivity index (χ2n) is 12.6. The zero-order valence-electron chi connectivity index (χ0n) is 28.4. The maximum atomic E-state index is 14.2. The molecule has 3 N–H and O–H groups in total. The molecule has 2 aromatic heterocycles. The molecule has 3 heterocycles. The minimum atomic E-state index is -0.755. The summed E-state index contributed by atoms with van der Waals surface area (Å²) in [6.45, 7) is 10.5. The van der Waals surface area contributed by atoms with Crippen molar-refractivity contribution in [1.82, 2.24) is 15.6 Å². The van der Waals surface area contributed by atoms with Gasteiger partial charge in [0.25, 0.3) is 11.8 Å². The van der Waals surface area contributed by atoms with Gasteiger partial charge in [-0.05, 0) is 87.7 Å². The third-order valence-corrected chi connectivity index (χ3v) is 8.68. The van der Waals surface area contributed by atoms with Gasteiger partial charge < -0.3 is 30.2 Å². The number of carbonyl (C=O) groups excluding carboxylic acids is 4. The fourth-order valence-corrected chi connectivity index (χ4v) is 6.40. The van der Waals surface area contributed by atoms with Gasteiger partial charge in [-0.3, -0.25) is 9.59 Å². The number of alkyl carbamates (subject to hydrolysis) is 1. The van der Waals surface area contributed by atoms with E-state index in [-0.39, 0.29) is 23.5 Å². The van der Waals surface area contributed by atoms with Gasteiger partial charge in [0.05, 0.1) is 13.7 Å². The molecule has 4 aromatic rings. The van der Waals surface area contributed by atoms with E-state index in [1.54, 1.807) is 74.6 Å². The lowest BCUT2D eigenvalue weighted by molar-refractivity contribution is 0.0522. The zero-order valence-corrected chi connectivity index (χ0v) is 29.3. The number of pyridine rings is 1. The standard InChI is InChI=1S/C37H40N4O7S/c1-7-15-38-34(43)29-13-12-25(31(41-29)35(44)46-6)26-19-30-28(32-23(14-16-47-30)17-21(2)49-32)18-27(26)33(42)40-24-10-8-22(9-11-24)20-39-36(45)48-37(3,4)5/h8-13,17-19H,7,14-16,20H2,1-6H3,(H,38,43)(H,39,45)(H,40,42). The largest absolute Gasteiger partial charge is 0.493 e. The van der Waals surface area contributed by atoms with E-state index in [2.05, 4.69) is 27.0 Å². The summed E-state index contributed by atoms with van der Waals surface area (Å²) in [6, 6.07) is 15.8. The number of esters is 1. The van der Waals surface area contributed by atoms with Crippen LogP contribution >= 0.6 is 11.3 Å². The number of thiophene rings is 1. The highest BCUT2D eigenvalue weighted by Gasteiger charge is 2.27. The smallest absolute Gasteiger partial charge is 0.407 e. The predicted octanol–water partition coefficient (Wildman–Crippen LogP) is 6.92. The number of anilines is 1. The van der Waals surface area contributed by atoms with E-state index < -0.39 is 29.5 Å². The average Bonchev–Trinajstić information content (AvgIpc) is 3.36. The van der Waals surface area contributed by atoms with E-state index in [1.807, 2.05) is 13.8 Å². The molecule has 49 heavy (non-hydrogen) atoms. The number of amides is 3. The molecule has 0 fully saturated rings. The van der Waals surface area contributed by atoms with Gasteiger partial charge in [-0.25, -0.2) is 14.6 Å². The quantitative estimate of drug-likeness (QED) is 0.161. The number of nitrogens with one attached hydrogen (secondary N) is 3. The molecule has 0 radical (unpaired) electrons. The van der Waals surface area contributed by atoms with Crippen molar-refractivity contribution in [3.05, 3.63) is 87.6 Å². The normalized spacial score (nSPS) is 12.0. The van der Waals surface area contributed by atoms with Gasteiger partial charge in [0.15, 0.2) is 5.69 Å². The van der Waals surface area contributed by atoms with Crippen LogP contribution in [0.3, 0.4) is 0 Å². The first kappa shape index (κ1) is 35.1. The van der Waals surface area contributed by atoms with Crippen LogP contribution in [0.2, 0.25) is 0 Å². The second-order valence-corrected chi connectivity index (χ2v) is 13.8. The predicted molar refractivity (Wildman–Crippen MR) is 188 cm³/mol. The molecule has 5 rings (SSSR count). The number of aryl methyl sites for hydroxylation is 1. The van der Waals surface area contributed by atoms with Crippen molar-refractivity contribution in [2.24, 2.45) is 0 Å². The number of hydrogen-bond donors (Lipinski definition) is 3. The molecule has 0 saturated heterocycles. The topological polar surface area (TPSA) is 145 Å². The van der Waals surface area contributed by atoms with Crippen molar-refractivity contribution in [3.8, 4) is 27.3 Å². The molecule has 3 amide bonds. The van der Waals surface area contributed by atoms with Crippen molar-refractivity contribution in [1.29, 1.82) is 0 Å². The third-order valence-electron chi connectivity index (χ3n) is 7.55. The maximum Gasteiger partial charge on any atom is 0.407 e. The van der Waals surface area contributed by atoms with E-state index in [9.17, 15) is 19.2 Å². The first-order valence-electron chi connectivity index (χ1n) is 16.0. The molecule has 12 heteroatoms. The summed E-state index contributed by atoms with van der Waals surface area (Å²) in [5.74, 6) is -1.05. The van der Waals surface area contributed by atoms with Gasteiger partial charge in [-0.2, -0.15) is 0 Å². The SMILES string of the molecule is CCCNC(=O)c1ccc(-c2cc3c(cc2C(=O)Nc2ccc(CNC(=O)OC(C)(C)C)cc2)-c2sc(C)cc2CCO3)c(C(=O)OC)n1. The summed E-state index contributed by atoms with van der Waals surface area (Å²) in [5.41, 5.74) is 3.54. The van der Waals surface area contributed by atoms with Crippen LogP contribution in [0.25, 0.3) is 21.6 Å². The Morgan fingerprint density at radius 1 is 0.939 bits per heavy atom. The number of carbonyl (C=O) groups is 4. The van der Waals surface area contributed by atoms with Crippen LogP contribution in [0.1, 0.15) is 81.5 Å². The van der Waals surface area contributed by atoms with Crippen LogP contribution in [0.4, 0.5) is 10.5 Å². The minimum absolute atomic E-state index is 0.0505. The molecular formula is C37H40N4O7S. The van der Waals surface area contributed by atoms with Gasteiger partial charge in [-0.15, -0.1) is 11.3 Å². The summed E-state index contributed by atoms with van der Waals surface area (Å²) in [4.78, 5) is 58.6. The van der Waals surface area contributed by atoms with Crippen molar-refractivity contribution in [2.75, 3.05) is 25.6 Å². The molecule has 0 unspecified atom stereocenters. The van der Waals surface area contributed by atoms with Gasteiger partial charge in [0, 0.05) is 57.2 Å². The Kier molecular flexibility index (Phi) is 10.7. The Morgan fingerprint density at radius 2 is 1.69 bits per heavy atom. The van der Waals surface area contributed by atoms with E-state index in [1.165, 1.54) is 13.2 Å². The van der Waals surface area contributed by atoms with Crippen LogP contribution < -0.4 is 20.7 Å². The fraction of sp³-hybridized carbons (Fsp3) is 0.324. The number of aromatic nitrogens is 1. The van der Waals surface area contributed by atoms with E-state index >= 15 is 0 Å². The van der Waals surface area contributed by atoms with E-state index in [4.69, 9.17) is 14.2 Å². The van der Waals surface area contributed by atoms with Crippen LogP contribution in [0.5, 0.6) is 5.75 Å². The number of nitrogens with zero attached hydrogens (tertiary/aromatic N) is 1. The first-order valence-corrected chi connectivity index (χ1v) is 16.8. The number of fused-ring (bicyclic) bond motifs is 3. The average molecular weight is 685 g/mol. The number of rotatable bonds is 9. The second kappa shape index (κ2) is 14.9. The molecule has 1 aliphatic heterocycles. The summed E-state index contributed by atoms with van der Waals surface area (Å²) < 4.78 is 16.6. The first-order chi connectivity index (χ1) is 23.4. The zero-order chi connectivity index (χ0) is 35.3. The van der Waals surface area contributed by atoms with Crippen LogP contribution in [-0.4, -0.2) is 54.7 Å². The van der Waals surface area contributed by atoms with E-state index in [0.29, 0.717) is 42.1 Å². The fourth-order valence-electron chi connectivity index (χ4n) is 5.32. The van der Waals surface area contributed by atoms with Gasteiger partial charge >= 0.3 is 12.1 Å². The van der Waals surface area contributed by atoms with Crippen LogP contribution in [0, 0.1) is 6.92 Å². The van der Waals surface area contributed by atoms with Crippen molar-refractivity contribution >= 4 is 40.9 Å². The summed E-state index contributed by atoms with van der Waals surface area (Å²) >= 11 is 1.63. The lowest BCUT2D eigenvalue weighted by atomic mass is 9.93. The Labute approximate surface area is 289 Å². The third kappa shape index (κ3) is 8.44. The lowest BCUT2D eigenvalue weighted by Gasteiger charge is -2.19. The molecule has 0 atom stereocenters. The number of ether oxygens (including phenoxy) is 3. The minimum Gasteiger partial charge on any atom is -0.493 e. The van der Waals surface area contributed by atoms with Gasteiger partial charge in [-0.1, -0.05) is 19.1 Å². The number of methoxy groups -OCH3 is 1. The Morgan fingerprint density at radius 3 is 2.39 bits per heavy atom. The molecule has 0 aliphatic carbocycles. The molecule has 1 aliphatic rings. The monoisotopic (exact) mass is 684 g/mol. The molecule has 0 spiro atoms. The highest BCUT2D eigenvalue weighted by atomic mass is 32.1. The van der Waals surface area contributed by atoms with E-state index in [0.717, 1.165) is 32.9 Å². The molecular weight excluding hydrogens is 644 g/mol. The van der Waals surface area contributed by atoms with Crippen LogP contribution in [0.15, 0.2) is 54.6 Å². The van der Waals surface area contributed by atoms with Crippen molar-refractivity contribution < 1.29 is 33.4 Å². The highest BCUT2D eigenvalue weighted by Crippen LogP contribution is 2.44. The Hall–Kier alpha value is -5.23. The lowest BCUT2D eigenvalue weighted by Crippen LogP contribution is -2.32. The molecule has 2 aromatic carbocycles. The molecule has 11 nitrogen and oxygen atoms in total. The van der Waals surface area contributed by atoms with Crippen LogP contribution in [-0.2, 0) is 22.4 Å².